The van der Waals surface area contributed by atoms with Crippen molar-refractivity contribution in [2.24, 2.45) is 11.7 Å². The number of hydrogen-bond donors (Lipinski definition) is 3. The molecule has 1 fully saturated rings. The van der Waals surface area contributed by atoms with Crippen molar-refractivity contribution in [3.8, 4) is 10.6 Å². The van der Waals surface area contributed by atoms with Crippen LogP contribution >= 0.6 is 11.3 Å². The molecule has 0 bridgehead atoms. The topological polar surface area (TPSA) is 119 Å². The number of ether oxygens (including phenoxy) is 1. The van der Waals surface area contributed by atoms with Crippen LogP contribution in [0.2, 0.25) is 0 Å². The van der Waals surface area contributed by atoms with Gasteiger partial charge in [0.05, 0.1) is 16.1 Å². The Bertz CT molecular complexity index is 1240. The maximum absolute atomic E-state index is 12.8. The molecule has 34 heavy (non-hydrogen) atoms. The minimum atomic E-state index is -1.39. The molecule has 0 unspecified atom stereocenters. The zero-order valence-corrected chi connectivity index (χ0v) is 19.6. The number of carbonyl (C=O) groups excluding carboxylic acids is 2. The molecule has 4 N–H and O–H groups in total. The number of primary amides is 1. The number of nitrogens with two attached hydrogens (primary N) is 1. The number of carbonyl (C=O) groups is 2. The van der Waals surface area contributed by atoms with Crippen LogP contribution in [0.3, 0.4) is 0 Å². The van der Waals surface area contributed by atoms with Gasteiger partial charge in [-0.2, -0.15) is 0 Å². The number of piperidine rings is 1. The van der Waals surface area contributed by atoms with Crippen LogP contribution in [0.4, 0.5) is 5.95 Å². The summed E-state index contributed by atoms with van der Waals surface area (Å²) in [5.41, 5.74) is 5.13. The van der Waals surface area contributed by atoms with Crippen LogP contribution in [0.5, 0.6) is 0 Å². The highest BCUT2D eigenvalue weighted by molar-refractivity contribution is 7.22. The van der Waals surface area contributed by atoms with Crippen LogP contribution in [-0.4, -0.2) is 47.1 Å². The van der Waals surface area contributed by atoms with Crippen molar-refractivity contribution in [1.29, 1.82) is 0 Å². The van der Waals surface area contributed by atoms with Crippen LogP contribution in [0.25, 0.3) is 20.7 Å². The van der Waals surface area contributed by atoms with E-state index in [2.05, 4.69) is 20.6 Å². The van der Waals surface area contributed by atoms with Crippen molar-refractivity contribution >= 4 is 39.2 Å². The zero-order chi connectivity index (χ0) is 23.5. The highest BCUT2D eigenvalue weighted by Crippen LogP contribution is 2.36. The molecule has 0 spiro atoms. The van der Waals surface area contributed by atoms with E-state index in [0.29, 0.717) is 11.5 Å². The summed E-state index contributed by atoms with van der Waals surface area (Å²) in [5, 5.41) is 7.50. The van der Waals surface area contributed by atoms with Gasteiger partial charge in [-0.3, -0.25) is 4.79 Å². The first-order chi connectivity index (χ1) is 16.5. The fraction of sp³-hybridized carbons (Fsp3) is 0.360. The number of thiophene rings is 1. The minimum Gasteiger partial charge on any atom is -0.437 e. The van der Waals surface area contributed by atoms with E-state index in [1.54, 1.807) is 18.3 Å². The number of benzene rings is 1. The molecular formula is C25H27N5O3S. The first-order valence-corrected chi connectivity index (χ1v) is 12.4. The lowest BCUT2D eigenvalue weighted by molar-refractivity contribution is -0.127. The Morgan fingerprint density at radius 3 is 2.82 bits per heavy atom. The molecule has 0 radical (unpaired) electrons. The van der Waals surface area contributed by atoms with Crippen molar-refractivity contribution in [2.45, 2.75) is 31.3 Å². The predicted molar refractivity (Wildman–Crippen MR) is 133 cm³/mol. The van der Waals surface area contributed by atoms with E-state index in [-0.39, 0.29) is 0 Å². The number of amides is 1. The third-order valence-electron chi connectivity index (χ3n) is 6.34. The number of hydrogen-bond acceptors (Lipinski definition) is 8. The molecule has 0 atom stereocenters. The van der Waals surface area contributed by atoms with Gasteiger partial charge < -0.3 is 21.1 Å². The number of fused-ring (bicyclic) bond motifs is 1. The lowest BCUT2D eigenvalue weighted by Gasteiger charge is -2.22. The number of rotatable bonds is 9. The van der Waals surface area contributed by atoms with Crippen LogP contribution in [0.15, 0.2) is 48.7 Å². The summed E-state index contributed by atoms with van der Waals surface area (Å²) in [6.07, 6.45) is 9.53. The van der Waals surface area contributed by atoms with E-state index in [4.69, 9.17) is 10.5 Å². The van der Waals surface area contributed by atoms with E-state index in [9.17, 15) is 9.59 Å². The van der Waals surface area contributed by atoms with Crippen LogP contribution in [-0.2, 0) is 9.53 Å². The highest BCUT2D eigenvalue weighted by Gasteiger charge is 2.45. The van der Waals surface area contributed by atoms with Gasteiger partial charge in [0.25, 0.3) is 5.91 Å². The SMILES string of the molecule is NC(=O)C1(OC(=O)c2cccc3sc(-c4ccnc(NCCCC5CCNCC5)n4)cc23)C=C1. The molecule has 0 saturated carbocycles. The molecule has 1 amide bonds. The maximum Gasteiger partial charge on any atom is 0.340 e. The Balaban J connectivity index is 1.27. The molecular weight excluding hydrogens is 450 g/mol. The van der Waals surface area contributed by atoms with Crippen LogP contribution < -0.4 is 16.4 Å². The average Bonchev–Trinajstić information content (AvgIpc) is 3.51. The lowest BCUT2D eigenvalue weighted by Crippen LogP contribution is -2.36. The van der Waals surface area contributed by atoms with E-state index < -0.39 is 17.5 Å². The Morgan fingerprint density at radius 2 is 2.06 bits per heavy atom. The number of anilines is 1. The summed E-state index contributed by atoms with van der Waals surface area (Å²) in [5.74, 6) is 0.125. The zero-order valence-electron chi connectivity index (χ0n) is 18.8. The van der Waals surface area contributed by atoms with E-state index >= 15 is 0 Å². The summed E-state index contributed by atoms with van der Waals surface area (Å²) < 4.78 is 6.31. The summed E-state index contributed by atoms with van der Waals surface area (Å²) in [6.45, 7) is 3.09. The molecule has 2 aliphatic rings. The number of nitrogens with one attached hydrogen (secondary N) is 2. The predicted octanol–water partition coefficient (Wildman–Crippen LogP) is 3.50. The molecule has 1 aliphatic carbocycles. The van der Waals surface area contributed by atoms with Gasteiger partial charge in [0.15, 0.2) is 0 Å². The van der Waals surface area contributed by atoms with Gasteiger partial charge in [0.2, 0.25) is 11.5 Å². The fourth-order valence-corrected chi connectivity index (χ4v) is 5.33. The summed E-state index contributed by atoms with van der Waals surface area (Å²) in [6, 6.07) is 9.22. The first-order valence-electron chi connectivity index (χ1n) is 11.6. The first kappa shape index (κ1) is 22.5. The Morgan fingerprint density at radius 1 is 1.24 bits per heavy atom. The molecule has 3 aromatic rings. The molecule has 1 aliphatic heterocycles. The molecule has 3 heterocycles. The molecule has 9 heteroatoms. The third kappa shape index (κ3) is 4.80. The second-order valence-corrected chi connectivity index (χ2v) is 9.82. The van der Waals surface area contributed by atoms with Gasteiger partial charge in [-0.1, -0.05) is 6.07 Å². The Kier molecular flexibility index (Phi) is 6.30. The quantitative estimate of drug-likeness (QED) is 0.245. The smallest absolute Gasteiger partial charge is 0.340 e. The number of aromatic nitrogens is 2. The van der Waals surface area contributed by atoms with Crippen molar-refractivity contribution in [3.63, 3.8) is 0 Å². The average molecular weight is 478 g/mol. The standard InChI is InChI=1S/C25H27N5O3S/c26-23(32)25(9-10-25)33-22(31)17-4-1-5-20-18(17)15-21(34-20)19-8-14-29-24(30-19)28-11-2-3-16-6-12-27-13-7-16/h1,4-5,8-10,14-16,27H,2-3,6-7,11-13H2,(H2,26,32)(H,28,29,30). The Labute approximate surface area is 201 Å². The lowest BCUT2D eigenvalue weighted by atomic mass is 9.93. The van der Waals surface area contributed by atoms with Crippen molar-refractivity contribution in [3.05, 3.63) is 54.2 Å². The van der Waals surface area contributed by atoms with Gasteiger partial charge in [-0.05, 0) is 81.1 Å². The van der Waals surface area contributed by atoms with Gasteiger partial charge in [0.1, 0.15) is 0 Å². The third-order valence-corrected chi connectivity index (χ3v) is 7.46. The van der Waals surface area contributed by atoms with E-state index in [1.165, 1.54) is 42.8 Å². The summed E-state index contributed by atoms with van der Waals surface area (Å²) in [4.78, 5) is 34.3. The second kappa shape index (κ2) is 9.52. The molecule has 1 saturated heterocycles. The molecule has 5 rings (SSSR count). The van der Waals surface area contributed by atoms with Gasteiger partial charge >= 0.3 is 5.97 Å². The normalized spacial score (nSPS) is 16.9. The van der Waals surface area contributed by atoms with Gasteiger partial charge in [0, 0.05) is 22.8 Å². The highest BCUT2D eigenvalue weighted by atomic mass is 32.1. The molecule has 8 nitrogen and oxygen atoms in total. The summed E-state index contributed by atoms with van der Waals surface area (Å²) >= 11 is 1.54. The van der Waals surface area contributed by atoms with E-state index in [1.807, 2.05) is 18.2 Å². The maximum atomic E-state index is 12.8. The fourth-order valence-electron chi connectivity index (χ4n) is 4.27. The van der Waals surface area contributed by atoms with Crippen LogP contribution in [0, 0.1) is 5.92 Å². The number of esters is 1. The Hall–Kier alpha value is -3.30. The van der Waals surface area contributed by atoms with E-state index in [0.717, 1.165) is 52.6 Å². The number of nitrogens with zero attached hydrogens (tertiary/aromatic N) is 2. The van der Waals surface area contributed by atoms with Gasteiger partial charge in [-0.15, -0.1) is 11.3 Å². The van der Waals surface area contributed by atoms with Gasteiger partial charge in [-0.25, -0.2) is 14.8 Å². The minimum absolute atomic E-state index is 0.389. The second-order valence-electron chi connectivity index (χ2n) is 8.74. The largest absolute Gasteiger partial charge is 0.437 e. The monoisotopic (exact) mass is 477 g/mol. The molecule has 2 aromatic heterocycles. The van der Waals surface area contributed by atoms with Crippen molar-refractivity contribution < 1.29 is 14.3 Å². The van der Waals surface area contributed by atoms with Crippen LogP contribution in [0.1, 0.15) is 36.0 Å². The molecule has 176 valence electrons. The van der Waals surface area contributed by atoms with Crippen molar-refractivity contribution in [2.75, 3.05) is 25.0 Å². The summed E-state index contributed by atoms with van der Waals surface area (Å²) in [7, 11) is 0. The van der Waals surface area contributed by atoms with Crippen molar-refractivity contribution in [1.82, 2.24) is 15.3 Å². The molecule has 1 aromatic carbocycles.